The summed E-state index contributed by atoms with van der Waals surface area (Å²) in [7, 11) is 0. The van der Waals surface area contributed by atoms with E-state index in [9.17, 15) is 4.79 Å². The van der Waals surface area contributed by atoms with Gasteiger partial charge < -0.3 is 9.72 Å². The summed E-state index contributed by atoms with van der Waals surface area (Å²) < 4.78 is 5.41. The van der Waals surface area contributed by atoms with E-state index in [0.29, 0.717) is 12.3 Å². The highest BCUT2D eigenvalue weighted by atomic mass is 16.5. The number of hydrogen-bond donors (Lipinski definition) is 1. The van der Waals surface area contributed by atoms with E-state index in [0.717, 1.165) is 16.8 Å². The highest BCUT2D eigenvalue weighted by molar-refractivity contribution is 5.90. The third kappa shape index (κ3) is 3.35. The molecule has 1 heterocycles. The Morgan fingerprint density at radius 1 is 1.14 bits per heavy atom. The van der Waals surface area contributed by atoms with Crippen LogP contribution >= 0.6 is 0 Å². The van der Waals surface area contributed by atoms with Gasteiger partial charge in [0.05, 0.1) is 0 Å². The van der Waals surface area contributed by atoms with Crippen LogP contribution < -0.4 is 0 Å². The monoisotopic (exact) mass is 285 g/mol. The van der Waals surface area contributed by atoms with Crippen molar-refractivity contribution in [2.24, 2.45) is 0 Å². The Morgan fingerprint density at radius 2 is 1.76 bits per heavy atom. The van der Waals surface area contributed by atoms with Crippen LogP contribution in [0.25, 0.3) is 0 Å². The number of aromatic nitrogens is 1. The van der Waals surface area contributed by atoms with Gasteiger partial charge in [-0.2, -0.15) is 0 Å². The molecule has 0 spiro atoms. The van der Waals surface area contributed by atoms with Crippen LogP contribution in [0.3, 0.4) is 0 Å². The minimum absolute atomic E-state index is 0.00261. The van der Waals surface area contributed by atoms with Crippen LogP contribution in [0.1, 0.15) is 53.6 Å². The summed E-state index contributed by atoms with van der Waals surface area (Å²) in [5.74, 6) is -0.296. The van der Waals surface area contributed by atoms with Crippen molar-refractivity contribution in [1.29, 1.82) is 0 Å². The minimum Gasteiger partial charge on any atom is -0.456 e. The molecule has 3 heteroatoms. The lowest BCUT2D eigenvalue weighted by atomic mass is 9.84. The first kappa shape index (κ1) is 15.4. The topological polar surface area (TPSA) is 42.1 Å². The molecule has 0 amide bonds. The standard InChI is InChI=1S/C18H23NO2/c1-12-15(18(3,4)5)13(2)19-16(12)17(20)21-11-14-9-7-6-8-10-14/h6-10,19H,11H2,1-5H3. The minimum atomic E-state index is -0.296. The predicted molar refractivity (Wildman–Crippen MR) is 84.5 cm³/mol. The molecule has 0 fully saturated rings. The molecule has 1 aromatic heterocycles. The Bertz CT molecular complexity index is 633. The molecule has 0 aliphatic rings. The van der Waals surface area contributed by atoms with Crippen LogP contribution in [0.15, 0.2) is 30.3 Å². The first-order chi connectivity index (χ1) is 9.80. The number of esters is 1. The molecule has 0 atom stereocenters. The second-order valence-corrected chi connectivity index (χ2v) is 6.44. The molecule has 2 rings (SSSR count). The van der Waals surface area contributed by atoms with Crippen molar-refractivity contribution in [1.82, 2.24) is 4.98 Å². The summed E-state index contributed by atoms with van der Waals surface area (Å²) in [6.45, 7) is 10.7. The van der Waals surface area contributed by atoms with Crippen molar-refractivity contribution in [3.63, 3.8) is 0 Å². The van der Waals surface area contributed by atoms with E-state index in [4.69, 9.17) is 4.74 Å². The van der Waals surface area contributed by atoms with Crippen molar-refractivity contribution in [3.05, 3.63) is 58.4 Å². The van der Waals surface area contributed by atoms with Gasteiger partial charge in [0.15, 0.2) is 0 Å². The Balaban J connectivity index is 2.17. The predicted octanol–water partition coefficient (Wildman–Crippen LogP) is 4.29. The van der Waals surface area contributed by atoms with Crippen molar-refractivity contribution in [3.8, 4) is 0 Å². The lowest BCUT2D eigenvalue weighted by Crippen LogP contribution is -2.14. The Kier molecular flexibility index (Phi) is 4.21. The maximum absolute atomic E-state index is 12.3. The molecule has 0 bridgehead atoms. The third-order valence-corrected chi connectivity index (χ3v) is 3.60. The molecule has 112 valence electrons. The number of rotatable bonds is 3. The SMILES string of the molecule is Cc1[nH]c(C(=O)OCc2ccccc2)c(C)c1C(C)(C)C. The molecule has 1 aromatic carbocycles. The summed E-state index contributed by atoms with van der Waals surface area (Å²) in [6.07, 6.45) is 0. The number of aromatic amines is 1. The van der Waals surface area contributed by atoms with E-state index in [1.807, 2.05) is 44.2 Å². The number of aryl methyl sites for hydroxylation is 1. The van der Waals surface area contributed by atoms with Crippen molar-refractivity contribution >= 4 is 5.97 Å². The molecule has 2 aromatic rings. The fourth-order valence-electron chi connectivity index (χ4n) is 2.87. The molecule has 0 aliphatic carbocycles. The molecule has 0 aliphatic heterocycles. The lowest BCUT2D eigenvalue weighted by Gasteiger charge is -2.20. The number of hydrogen-bond acceptors (Lipinski definition) is 2. The van der Waals surface area contributed by atoms with Gasteiger partial charge in [0.2, 0.25) is 0 Å². The molecule has 0 radical (unpaired) electrons. The van der Waals surface area contributed by atoms with Gasteiger partial charge in [-0.15, -0.1) is 0 Å². The largest absolute Gasteiger partial charge is 0.456 e. The zero-order chi connectivity index (χ0) is 15.6. The van der Waals surface area contributed by atoms with Crippen LogP contribution in [0.5, 0.6) is 0 Å². The Hall–Kier alpha value is -2.03. The van der Waals surface area contributed by atoms with E-state index >= 15 is 0 Å². The van der Waals surface area contributed by atoms with Crippen LogP contribution in [-0.2, 0) is 16.8 Å². The van der Waals surface area contributed by atoms with E-state index < -0.39 is 0 Å². The van der Waals surface area contributed by atoms with E-state index in [1.54, 1.807) is 0 Å². The number of carbonyl (C=O) groups is 1. The van der Waals surface area contributed by atoms with Gasteiger partial charge in [-0.3, -0.25) is 0 Å². The van der Waals surface area contributed by atoms with Gasteiger partial charge in [-0.05, 0) is 36.0 Å². The van der Waals surface area contributed by atoms with Crippen LogP contribution in [0, 0.1) is 13.8 Å². The highest BCUT2D eigenvalue weighted by Crippen LogP contribution is 2.31. The van der Waals surface area contributed by atoms with Gasteiger partial charge in [0.1, 0.15) is 12.3 Å². The first-order valence-corrected chi connectivity index (χ1v) is 7.21. The van der Waals surface area contributed by atoms with E-state index in [-0.39, 0.29) is 11.4 Å². The number of benzene rings is 1. The van der Waals surface area contributed by atoms with Gasteiger partial charge in [0.25, 0.3) is 0 Å². The van der Waals surface area contributed by atoms with Crippen molar-refractivity contribution in [2.45, 2.75) is 46.6 Å². The highest BCUT2D eigenvalue weighted by Gasteiger charge is 2.25. The molecular weight excluding hydrogens is 262 g/mol. The zero-order valence-corrected chi connectivity index (χ0v) is 13.4. The summed E-state index contributed by atoms with van der Waals surface area (Å²) in [6, 6.07) is 9.70. The third-order valence-electron chi connectivity index (χ3n) is 3.60. The van der Waals surface area contributed by atoms with E-state index in [2.05, 4.69) is 25.8 Å². The van der Waals surface area contributed by atoms with Crippen LogP contribution in [0.2, 0.25) is 0 Å². The van der Waals surface area contributed by atoms with Crippen LogP contribution in [0.4, 0.5) is 0 Å². The average Bonchev–Trinajstić information content (AvgIpc) is 2.72. The normalized spacial score (nSPS) is 11.5. The number of ether oxygens (including phenoxy) is 1. The van der Waals surface area contributed by atoms with Gasteiger partial charge in [-0.25, -0.2) is 4.79 Å². The average molecular weight is 285 g/mol. The maximum Gasteiger partial charge on any atom is 0.355 e. The fourth-order valence-corrected chi connectivity index (χ4v) is 2.87. The van der Waals surface area contributed by atoms with E-state index in [1.165, 1.54) is 5.56 Å². The quantitative estimate of drug-likeness (QED) is 0.855. The zero-order valence-electron chi connectivity index (χ0n) is 13.4. The number of nitrogens with one attached hydrogen (secondary N) is 1. The second kappa shape index (κ2) is 5.76. The van der Waals surface area contributed by atoms with Crippen molar-refractivity contribution < 1.29 is 9.53 Å². The smallest absolute Gasteiger partial charge is 0.355 e. The lowest BCUT2D eigenvalue weighted by molar-refractivity contribution is 0.0465. The molecule has 0 saturated carbocycles. The summed E-state index contributed by atoms with van der Waals surface area (Å²) in [5.41, 5.74) is 4.76. The van der Waals surface area contributed by atoms with Gasteiger partial charge in [-0.1, -0.05) is 51.1 Å². The Labute approximate surface area is 126 Å². The molecule has 0 saturated heterocycles. The van der Waals surface area contributed by atoms with Crippen LogP contribution in [-0.4, -0.2) is 11.0 Å². The summed E-state index contributed by atoms with van der Waals surface area (Å²) in [4.78, 5) is 15.5. The van der Waals surface area contributed by atoms with Gasteiger partial charge in [0, 0.05) is 5.69 Å². The molecule has 0 unspecified atom stereocenters. The molecular formula is C18H23NO2. The maximum atomic E-state index is 12.3. The summed E-state index contributed by atoms with van der Waals surface area (Å²) in [5, 5.41) is 0. The van der Waals surface area contributed by atoms with Gasteiger partial charge >= 0.3 is 5.97 Å². The molecule has 1 N–H and O–H groups in total. The molecule has 3 nitrogen and oxygen atoms in total. The molecule has 21 heavy (non-hydrogen) atoms. The van der Waals surface area contributed by atoms with Crippen molar-refractivity contribution in [2.75, 3.05) is 0 Å². The number of H-pyrrole nitrogens is 1. The fraction of sp³-hybridized carbons (Fsp3) is 0.389. The summed E-state index contributed by atoms with van der Waals surface area (Å²) >= 11 is 0. The Morgan fingerprint density at radius 3 is 2.29 bits per heavy atom. The second-order valence-electron chi connectivity index (χ2n) is 6.44. The number of carbonyl (C=O) groups excluding carboxylic acids is 1. The first-order valence-electron chi connectivity index (χ1n) is 7.21.